The second-order valence-corrected chi connectivity index (χ2v) is 3.29. The van der Waals surface area contributed by atoms with Crippen molar-refractivity contribution < 1.29 is 18.8 Å². The average Bonchev–Trinajstić information content (AvgIpc) is 2.30. The Morgan fingerprint density at radius 3 is 2.71 bits per heavy atom. The standard InChI is InChI=1S/C10H11F2N3O2/c11-7-2-1-6(3-8(7)12)5-14-10(16)4-9(13)15-17/h1-3,17H,4-5H2,(H2,13,15)(H,14,16). The van der Waals surface area contributed by atoms with Crippen molar-refractivity contribution in [2.45, 2.75) is 13.0 Å². The minimum atomic E-state index is -0.979. The Balaban J connectivity index is 2.50. The Morgan fingerprint density at radius 2 is 2.12 bits per heavy atom. The maximum atomic E-state index is 12.8. The molecule has 1 amide bonds. The van der Waals surface area contributed by atoms with Gasteiger partial charge in [-0.3, -0.25) is 4.79 Å². The Kier molecular flexibility index (Phi) is 4.38. The Labute approximate surface area is 95.9 Å². The molecule has 1 aromatic carbocycles. The quantitative estimate of drug-likeness (QED) is 0.315. The molecular weight excluding hydrogens is 232 g/mol. The number of nitrogens with two attached hydrogens (primary N) is 1. The summed E-state index contributed by atoms with van der Waals surface area (Å²) in [6, 6.07) is 3.31. The molecule has 1 rings (SSSR count). The second kappa shape index (κ2) is 5.78. The van der Waals surface area contributed by atoms with Crippen LogP contribution in [0.3, 0.4) is 0 Å². The molecule has 0 saturated carbocycles. The van der Waals surface area contributed by atoms with E-state index in [1.807, 2.05) is 0 Å². The number of halogens is 2. The SMILES string of the molecule is NC(CC(=O)NCc1ccc(F)c(F)c1)=NO. The maximum absolute atomic E-state index is 12.8. The van der Waals surface area contributed by atoms with Crippen molar-refractivity contribution in [2.24, 2.45) is 10.9 Å². The number of benzene rings is 1. The monoisotopic (exact) mass is 243 g/mol. The lowest BCUT2D eigenvalue weighted by Gasteiger charge is -2.05. The Bertz CT molecular complexity index is 449. The van der Waals surface area contributed by atoms with E-state index in [-0.39, 0.29) is 18.8 Å². The van der Waals surface area contributed by atoms with Gasteiger partial charge in [-0.05, 0) is 17.7 Å². The highest BCUT2D eigenvalue weighted by atomic mass is 19.2. The highest BCUT2D eigenvalue weighted by Crippen LogP contribution is 2.08. The summed E-state index contributed by atoms with van der Waals surface area (Å²) in [6.45, 7) is 0.0365. The van der Waals surface area contributed by atoms with Crippen LogP contribution in [0.5, 0.6) is 0 Å². The molecule has 0 aliphatic heterocycles. The van der Waals surface area contributed by atoms with Gasteiger partial charge in [-0.2, -0.15) is 0 Å². The summed E-state index contributed by atoms with van der Waals surface area (Å²) in [6.07, 6.45) is -0.264. The molecule has 1 aromatic rings. The molecule has 0 aliphatic rings. The predicted octanol–water partition coefficient (Wildman–Crippen LogP) is 0.717. The molecule has 0 bridgehead atoms. The first-order chi connectivity index (χ1) is 8.02. The lowest BCUT2D eigenvalue weighted by molar-refractivity contribution is -0.120. The third-order valence-corrected chi connectivity index (χ3v) is 1.94. The molecule has 7 heteroatoms. The van der Waals surface area contributed by atoms with Gasteiger partial charge in [-0.15, -0.1) is 0 Å². The van der Waals surface area contributed by atoms with Gasteiger partial charge in [0.1, 0.15) is 5.84 Å². The molecule has 5 nitrogen and oxygen atoms in total. The first-order valence-electron chi connectivity index (χ1n) is 4.70. The second-order valence-electron chi connectivity index (χ2n) is 3.29. The van der Waals surface area contributed by atoms with Crippen LogP contribution in [0.1, 0.15) is 12.0 Å². The molecule has 0 saturated heterocycles. The van der Waals surface area contributed by atoms with Crippen molar-refractivity contribution >= 4 is 11.7 Å². The highest BCUT2D eigenvalue weighted by Gasteiger charge is 2.06. The van der Waals surface area contributed by atoms with Crippen molar-refractivity contribution in [1.29, 1.82) is 0 Å². The van der Waals surface area contributed by atoms with Crippen LogP contribution >= 0.6 is 0 Å². The molecule has 0 atom stereocenters. The van der Waals surface area contributed by atoms with E-state index in [0.29, 0.717) is 5.56 Å². The maximum Gasteiger partial charge on any atom is 0.227 e. The summed E-state index contributed by atoms with van der Waals surface area (Å²) in [5.74, 6) is -2.64. The van der Waals surface area contributed by atoms with Gasteiger partial charge in [0.2, 0.25) is 5.91 Å². The number of hydrogen-bond donors (Lipinski definition) is 3. The number of carbonyl (C=O) groups excluding carboxylic acids is 1. The van der Waals surface area contributed by atoms with Crippen molar-refractivity contribution in [2.75, 3.05) is 0 Å². The number of nitrogens with one attached hydrogen (secondary N) is 1. The van der Waals surface area contributed by atoms with E-state index in [1.165, 1.54) is 6.07 Å². The van der Waals surface area contributed by atoms with Crippen LogP contribution in [0.25, 0.3) is 0 Å². The zero-order valence-electron chi connectivity index (χ0n) is 8.78. The summed E-state index contributed by atoms with van der Waals surface area (Å²) in [5.41, 5.74) is 5.53. The summed E-state index contributed by atoms with van der Waals surface area (Å²) in [5, 5.41) is 13.3. The lowest BCUT2D eigenvalue weighted by Crippen LogP contribution is -2.28. The van der Waals surface area contributed by atoms with E-state index in [4.69, 9.17) is 10.9 Å². The van der Waals surface area contributed by atoms with Gasteiger partial charge in [0.15, 0.2) is 11.6 Å². The molecule has 17 heavy (non-hydrogen) atoms. The summed E-state index contributed by atoms with van der Waals surface area (Å²) in [4.78, 5) is 11.2. The van der Waals surface area contributed by atoms with E-state index >= 15 is 0 Å². The molecule has 92 valence electrons. The fraction of sp³-hybridized carbons (Fsp3) is 0.200. The number of hydrogen-bond acceptors (Lipinski definition) is 3. The molecule has 0 radical (unpaired) electrons. The van der Waals surface area contributed by atoms with E-state index in [0.717, 1.165) is 12.1 Å². The summed E-state index contributed by atoms with van der Waals surface area (Å²) < 4.78 is 25.4. The zero-order valence-corrected chi connectivity index (χ0v) is 8.78. The normalized spacial score (nSPS) is 11.3. The highest BCUT2D eigenvalue weighted by molar-refractivity contribution is 5.98. The number of rotatable bonds is 4. The van der Waals surface area contributed by atoms with Gasteiger partial charge in [-0.1, -0.05) is 11.2 Å². The van der Waals surface area contributed by atoms with Crippen LogP contribution in [0.2, 0.25) is 0 Å². The fourth-order valence-electron chi connectivity index (χ4n) is 1.11. The first-order valence-corrected chi connectivity index (χ1v) is 4.70. The molecule has 0 fully saturated rings. The number of oxime groups is 1. The van der Waals surface area contributed by atoms with Crippen LogP contribution in [-0.2, 0) is 11.3 Å². The topological polar surface area (TPSA) is 87.7 Å². The van der Waals surface area contributed by atoms with Crippen molar-refractivity contribution in [3.05, 3.63) is 35.4 Å². The number of amidine groups is 1. The third kappa shape index (κ3) is 4.06. The van der Waals surface area contributed by atoms with Gasteiger partial charge in [-0.25, -0.2) is 8.78 Å². The largest absolute Gasteiger partial charge is 0.409 e. The van der Waals surface area contributed by atoms with E-state index < -0.39 is 17.5 Å². The smallest absolute Gasteiger partial charge is 0.227 e. The minimum absolute atomic E-state index is 0.0365. The van der Waals surface area contributed by atoms with Crippen molar-refractivity contribution in [3.63, 3.8) is 0 Å². The summed E-state index contributed by atoms with van der Waals surface area (Å²) >= 11 is 0. The van der Waals surface area contributed by atoms with Gasteiger partial charge < -0.3 is 16.3 Å². The number of amides is 1. The van der Waals surface area contributed by atoms with Gasteiger partial charge in [0.05, 0.1) is 6.42 Å². The number of carbonyl (C=O) groups is 1. The van der Waals surface area contributed by atoms with E-state index in [9.17, 15) is 13.6 Å². The molecule has 0 aliphatic carbocycles. The molecule has 4 N–H and O–H groups in total. The molecule has 0 unspecified atom stereocenters. The number of nitrogens with zero attached hydrogens (tertiary/aromatic N) is 1. The van der Waals surface area contributed by atoms with E-state index in [1.54, 1.807) is 0 Å². The van der Waals surface area contributed by atoms with Gasteiger partial charge in [0, 0.05) is 6.54 Å². The van der Waals surface area contributed by atoms with Crippen LogP contribution < -0.4 is 11.1 Å². The van der Waals surface area contributed by atoms with Crippen LogP contribution in [0.15, 0.2) is 23.4 Å². The Morgan fingerprint density at radius 1 is 1.41 bits per heavy atom. The molecular formula is C10H11F2N3O2. The van der Waals surface area contributed by atoms with E-state index in [2.05, 4.69) is 10.5 Å². The molecule has 0 heterocycles. The molecule has 0 spiro atoms. The predicted molar refractivity (Wildman–Crippen MR) is 56.2 cm³/mol. The van der Waals surface area contributed by atoms with Crippen LogP contribution in [-0.4, -0.2) is 17.0 Å². The van der Waals surface area contributed by atoms with Crippen LogP contribution in [0, 0.1) is 11.6 Å². The van der Waals surface area contributed by atoms with Crippen LogP contribution in [0.4, 0.5) is 8.78 Å². The lowest BCUT2D eigenvalue weighted by atomic mass is 10.2. The first kappa shape index (κ1) is 12.9. The molecule has 0 aromatic heterocycles. The Hall–Kier alpha value is -2.18. The fourth-order valence-corrected chi connectivity index (χ4v) is 1.11. The van der Waals surface area contributed by atoms with Crippen molar-refractivity contribution in [1.82, 2.24) is 5.32 Å². The van der Waals surface area contributed by atoms with Gasteiger partial charge >= 0.3 is 0 Å². The summed E-state index contributed by atoms with van der Waals surface area (Å²) in [7, 11) is 0. The minimum Gasteiger partial charge on any atom is -0.409 e. The van der Waals surface area contributed by atoms with Crippen molar-refractivity contribution in [3.8, 4) is 0 Å². The van der Waals surface area contributed by atoms with Gasteiger partial charge in [0.25, 0.3) is 0 Å². The third-order valence-electron chi connectivity index (χ3n) is 1.94. The average molecular weight is 243 g/mol. The zero-order chi connectivity index (χ0) is 12.8.